The fourth-order valence-corrected chi connectivity index (χ4v) is 1.58. The summed E-state index contributed by atoms with van der Waals surface area (Å²) in [5, 5.41) is 5.56. The lowest BCUT2D eigenvalue weighted by Gasteiger charge is -2.38. The van der Waals surface area contributed by atoms with Gasteiger partial charge < -0.3 is 20.4 Å². The van der Waals surface area contributed by atoms with E-state index in [-0.39, 0.29) is 12.3 Å². The van der Waals surface area contributed by atoms with Gasteiger partial charge in [0.05, 0.1) is 6.67 Å². The molecule has 0 aliphatic carbocycles. The second-order valence-electron chi connectivity index (χ2n) is 3.54. The van der Waals surface area contributed by atoms with Crippen LogP contribution in [0.4, 0.5) is 4.79 Å². The van der Waals surface area contributed by atoms with E-state index in [0.717, 1.165) is 0 Å². The topological polar surface area (TPSA) is 47.6 Å². The van der Waals surface area contributed by atoms with Crippen molar-refractivity contribution in [3.63, 3.8) is 0 Å². The maximum Gasteiger partial charge on any atom is 0.319 e. The second kappa shape index (κ2) is 2.83. The zero-order valence-corrected chi connectivity index (χ0v) is 7.82. The second-order valence-corrected chi connectivity index (χ2v) is 3.54. The summed E-state index contributed by atoms with van der Waals surface area (Å²) in [6.45, 7) is 4.78. The van der Waals surface area contributed by atoms with Gasteiger partial charge in [0.2, 0.25) is 0 Å². The Balaban J connectivity index is 2.10. The van der Waals surface area contributed by atoms with Crippen LogP contribution in [0, 0.1) is 0 Å². The number of nitrogens with one attached hydrogen (secondary N) is 2. The molecule has 2 N–H and O–H groups in total. The van der Waals surface area contributed by atoms with Crippen molar-refractivity contribution in [2.75, 3.05) is 6.67 Å². The normalized spacial score (nSPS) is 26.1. The van der Waals surface area contributed by atoms with Crippen molar-refractivity contribution in [3.8, 4) is 0 Å². The summed E-state index contributed by atoms with van der Waals surface area (Å²) in [5.41, 5.74) is 0. The van der Waals surface area contributed by atoms with E-state index >= 15 is 0 Å². The van der Waals surface area contributed by atoms with Gasteiger partial charge in [0.15, 0.2) is 6.29 Å². The Morgan fingerprint density at radius 1 is 1.54 bits per heavy atom. The molecule has 1 fully saturated rings. The number of amides is 2. The first-order valence-electron chi connectivity index (χ1n) is 4.44. The van der Waals surface area contributed by atoms with E-state index in [0.29, 0.717) is 12.7 Å². The minimum atomic E-state index is -0.101. The van der Waals surface area contributed by atoms with Gasteiger partial charge in [0.25, 0.3) is 0 Å². The quantitative estimate of drug-likeness (QED) is 0.602. The van der Waals surface area contributed by atoms with Gasteiger partial charge >= 0.3 is 6.03 Å². The SMILES string of the molecule is CC(C)N1C=CN2CNC(=O)NC21. The molecule has 1 atom stereocenters. The van der Waals surface area contributed by atoms with E-state index in [9.17, 15) is 4.79 Å². The maximum atomic E-state index is 11.1. The number of fused-ring (bicyclic) bond motifs is 1. The van der Waals surface area contributed by atoms with Crippen LogP contribution in [0.1, 0.15) is 13.8 Å². The summed E-state index contributed by atoms with van der Waals surface area (Å²) < 4.78 is 0. The summed E-state index contributed by atoms with van der Waals surface area (Å²) in [7, 11) is 0. The van der Waals surface area contributed by atoms with Crippen LogP contribution in [0.15, 0.2) is 12.4 Å². The first kappa shape index (κ1) is 8.22. The van der Waals surface area contributed by atoms with E-state index in [1.54, 1.807) is 0 Å². The van der Waals surface area contributed by atoms with Crippen LogP contribution in [0.2, 0.25) is 0 Å². The first-order chi connectivity index (χ1) is 6.18. The predicted molar refractivity (Wildman–Crippen MR) is 48.3 cm³/mol. The van der Waals surface area contributed by atoms with Gasteiger partial charge in [-0.2, -0.15) is 0 Å². The fraction of sp³-hybridized carbons (Fsp3) is 0.625. The molecule has 0 spiro atoms. The molecule has 1 unspecified atom stereocenters. The van der Waals surface area contributed by atoms with Crippen molar-refractivity contribution >= 4 is 6.03 Å². The average molecular weight is 182 g/mol. The summed E-state index contributed by atoms with van der Waals surface area (Å²) in [5.74, 6) is 0. The Hall–Kier alpha value is -1.39. The molecule has 2 aliphatic rings. The van der Waals surface area contributed by atoms with Crippen LogP contribution < -0.4 is 10.6 Å². The molecule has 5 nitrogen and oxygen atoms in total. The third-order valence-corrected chi connectivity index (χ3v) is 2.31. The van der Waals surface area contributed by atoms with E-state index in [1.165, 1.54) is 0 Å². The number of carbonyl (C=O) groups excluding carboxylic acids is 1. The zero-order valence-electron chi connectivity index (χ0n) is 7.82. The summed E-state index contributed by atoms with van der Waals surface area (Å²) in [4.78, 5) is 15.2. The van der Waals surface area contributed by atoms with Gasteiger partial charge in [0, 0.05) is 18.4 Å². The summed E-state index contributed by atoms with van der Waals surface area (Å²) in [6.07, 6.45) is 3.98. The molecule has 5 heteroatoms. The highest BCUT2D eigenvalue weighted by atomic mass is 16.2. The van der Waals surface area contributed by atoms with Gasteiger partial charge in [-0.3, -0.25) is 0 Å². The lowest BCUT2D eigenvalue weighted by Crippen LogP contribution is -2.62. The minimum Gasteiger partial charge on any atom is -0.337 e. The molecule has 0 bridgehead atoms. The molecule has 0 radical (unpaired) electrons. The molecule has 0 aromatic rings. The number of hydrogen-bond donors (Lipinski definition) is 2. The van der Waals surface area contributed by atoms with Crippen molar-refractivity contribution in [2.24, 2.45) is 0 Å². The Labute approximate surface area is 77.4 Å². The molecular formula is C8H14N4O. The van der Waals surface area contributed by atoms with Gasteiger partial charge in [-0.1, -0.05) is 0 Å². The van der Waals surface area contributed by atoms with E-state index in [4.69, 9.17) is 0 Å². The summed E-state index contributed by atoms with van der Waals surface area (Å²) >= 11 is 0. The molecule has 1 saturated heterocycles. The van der Waals surface area contributed by atoms with Crippen molar-refractivity contribution in [1.82, 2.24) is 20.4 Å². The van der Waals surface area contributed by atoms with Gasteiger partial charge in [0.1, 0.15) is 0 Å². The number of hydrogen-bond acceptors (Lipinski definition) is 3. The van der Waals surface area contributed by atoms with Crippen LogP contribution in [0.25, 0.3) is 0 Å². The molecular weight excluding hydrogens is 168 g/mol. The van der Waals surface area contributed by atoms with E-state index in [2.05, 4.69) is 29.4 Å². The molecule has 2 heterocycles. The van der Waals surface area contributed by atoms with E-state index in [1.807, 2.05) is 17.3 Å². The third-order valence-electron chi connectivity index (χ3n) is 2.31. The number of rotatable bonds is 1. The molecule has 72 valence electrons. The molecule has 2 rings (SSSR count). The molecule has 0 saturated carbocycles. The van der Waals surface area contributed by atoms with Crippen molar-refractivity contribution in [2.45, 2.75) is 26.2 Å². The number of nitrogens with zero attached hydrogens (tertiary/aromatic N) is 2. The zero-order chi connectivity index (χ0) is 9.42. The Morgan fingerprint density at radius 3 is 3.00 bits per heavy atom. The Bertz CT molecular complexity index is 251. The van der Waals surface area contributed by atoms with Crippen molar-refractivity contribution in [3.05, 3.63) is 12.4 Å². The molecule has 0 aromatic heterocycles. The van der Waals surface area contributed by atoms with Gasteiger partial charge in [-0.25, -0.2) is 4.79 Å². The standard InChI is InChI=1S/C8H14N4O/c1-6(2)12-4-3-11-5-9-7(13)10-8(11)12/h3-4,6,8H,5H2,1-2H3,(H2,9,10,13). The van der Waals surface area contributed by atoms with Gasteiger partial charge in [-0.15, -0.1) is 0 Å². The van der Waals surface area contributed by atoms with Crippen LogP contribution in [-0.4, -0.2) is 34.8 Å². The molecule has 2 amide bonds. The lowest BCUT2D eigenvalue weighted by molar-refractivity contribution is 0.0792. The predicted octanol–water partition coefficient (Wildman–Crippen LogP) is 0.0375. The van der Waals surface area contributed by atoms with Crippen LogP contribution in [0.5, 0.6) is 0 Å². The van der Waals surface area contributed by atoms with E-state index < -0.39 is 0 Å². The summed E-state index contributed by atoms with van der Waals surface area (Å²) in [6, 6.07) is 0.292. The Kier molecular flexibility index (Phi) is 1.79. The van der Waals surface area contributed by atoms with Crippen molar-refractivity contribution in [1.29, 1.82) is 0 Å². The number of urea groups is 1. The monoisotopic (exact) mass is 182 g/mol. The highest BCUT2D eigenvalue weighted by Gasteiger charge is 2.32. The third kappa shape index (κ3) is 1.30. The lowest BCUT2D eigenvalue weighted by atomic mass is 10.3. The van der Waals surface area contributed by atoms with Crippen molar-refractivity contribution < 1.29 is 4.79 Å². The Morgan fingerprint density at radius 2 is 2.31 bits per heavy atom. The average Bonchev–Trinajstić information content (AvgIpc) is 2.46. The van der Waals surface area contributed by atoms with Crippen LogP contribution >= 0.6 is 0 Å². The highest BCUT2D eigenvalue weighted by Crippen LogP contribution is 2.17. The number of carbonyl (C=O) groups is 1. The molecule has 0 aromatic carbocycles. The minimum absolute atomic E-state index is 0.00579. The van der Waals surface area contributed by atoms with Crippen LogP contribution in [-0.2, 0) is 0 Å². The smallest absolute Gasteiger partial charge is 0.319 e. The van der Waals surface area contributed by atoms with Crippen LogP contribution in [0.3, 0.4) is 0 Å². The molecule has 2 aliphatic heterocycles. The van der Waals surface area contributed by atoms with Gasteiger partial charge in [-0.05, 0) is 13.8 Å². The fourth-order valence-electron chi connectivity index (χ4n) is 1.58. The maximum absolute atomic E-state index is 11.1. The largest absolute Gasteiger partial charge is 0.337 e. The highest BCUT2D eigenvalue weighted by molar-refractivity contribution is 5.74. The molecule has 13 heavy (non-hydrogen) atoms. The first-order valence-corrected chi connectivity index (χ1v) is 4.44.